The molecule has 172 valence electrons. The molecule has 0 amide bonds. The summed E-state index contributed by atoms with van der Waals surface area (Å²) in [5.74, 6) is -2.05. The SMILES string of the molecule is CCCC(CCC)[C@H]1CC[C@H](C(=NN=Cc2cc(F)c(F)c(F)c2)c2ccccc2)CC1. The van der Waals surface area contributed by atoms with Gasteiger partial charge in [-0.05, 0) is 55.2 Å². The van der Waals surface area contributed by atoms with Gasteiger partial charge in [-0.15, -0.1) is 0 Å². The Hall–Kier alpha value is -2.43. The minimum Gasteiger partial charge on any atom is -0.204 e. The van der Waals surface area contributed by atoms with Crippen LogP contribution in [0.25, 0.3) is 0 Å². The van der Waals surface area contributed by atoms with Crippen molar-refractivity contribution in [1.29, 1.82) is 0 Å². The Kier molecular flexibility index (Phi) is 9.07. The standard InChI is InChI=1S/C27H33F3N2/c1-3-8-20(9-4-2)21-12-14-23(15-13-21)27(22-10-6-5-7-11-22)32-31-18-19-16-24(28)26(30)25(29)17-19/h5-7,10-11,16-18,20-21,23H,3-4,8-9,12-15H2,1-2H3/t21-,23-. The number of nitrogens with zero attached hydrogens (tertiary/aromatic N) is 2. The Morgan fingerprint density at radius 3 is 2.09 bits per heavy atom. The Labute approximate surface area is 189 Å². The molecule has 0 unspecified atom stereocenters. The van der Waals surface area contributed by atoms with Crippen LogP contribution in [-0.2, 0) is 0 Å². The molecular formula is C27H33F3N2. The first-order chi connectivity index (χ1) is 15.5. The molecule has 0 saturated heterocycles. The fraction of sp³-hybridized carbons (Fsp3) is 0.481. The molecule has 1 fully saturated rings. The number of halogens is 3. The molecule has 3 rings (SSSR count). The van der Waals surface area contributed by atoms with Crippen molar-refractivity contribution in [2.24, 2.45) is 28.0 Å². The van der Waals surface area contributed by atoms with Crippen molar-refractivity contribution in [1.82, 2.24) is 0 Å². The number of hydrogen-bond acceptors (Lipinski definition) is 2. The van der Waals surface area contributed by atoms with Gasteiger partial charge in [0.15, 0.2) is 17.5 Å². The van der Waals surface area contributed by atoms with Gasteiger partial charge in [-0.3, -0.25) is 0 Å². The van der Waals surface area contributed by atoms with Crippen LogP contribution in [-0.4, -0.2) is 11.9 Å². The molecule has 1 aliphatic carbocycles. The number of rotatable bonds is 9. The van der Waals surface area contributed by atoms with E-state index in [1.165, 1.54) is 44.7 Å². The van der Waals surface area contributed by atoms with Crippen LogP contribution in [0.4, 0.5) is 13.2 Å². The van der Waals surface area contributed by atoms with Crippen molar-refractivity contribution < 1.29 is 13.2 Å². The maximum Gasteiger partial charge on any atom is 0.194 e. The molecule has 0 heterocycles. The minimum absolute atomic E-state index is 0.142. The second-order valence-corrected chi connectivity index (χ2v) is 8.84. The monoisotopic (exact) mass is 442 g/mol. The zero-order chi connectivity index (χ0) is 22.9. The molecule has 0 aliphatic heterocycles. The van der Waals surface area contributed by atoms with E-state index < -0.39 is 17.5 Å². The summed E-state index contributed by atoms with van der Waals surface area (Å²) in [7, 11) is 0. The van der Waals surface area contributed by atoms with Crippen LogP contribution in [0.2, 0.25) is 0 Å². The average Bonchev–Trinajstić information content (AvgIpc) is 2.81. The molecule has 0 atom stereocenters. The van der Waals surface area contributed by atoms with E-state index in [0.717, 1.165) is 48.1 Å². The van der Waals surface area contributed by atoms with Gasteiger partial charge in [0, 0.05) is 11.5 Å². The molecule has 32 heavy (non-hydrogen) atoms. The highest BCUT2D eigenvalue weighted by atomic mass is 19.2. The molecule has 1 aliphatic rings. The maximum absolute atomic E-state index is 13.5. The predicted octanol–water partition coefficient (Wildman–Crippen LogP) is 7.95. The van der Waals surface area contributed by atoms with Gasteiger partial charge in [-0.2, -0.15) is 10.2 Å². The second-order valence-electron chi connectivity index (χ2n) is 8.84. The van der Waals surface area contributed by atoms with Gasteiger partial charge in [-0.25, -0.2) is 13.2 Å². The van der Waals surface area contributed by atoms with E-state index in [4.69, 9.17) is 0 Å². The lowest BCUT2D eigenvalue weighted by Crippen LogP contribution is -2.26. The zero-order valence-electron chi connectivity index (χ0n) is 19.0. The van der Waals surface area contributed by atoms with Gasteiger partial charge in [0.1, 0.15) is 0 Å². The Morgan fingerprint density at radius 2 is 1.53 bits per heavy atom. The fourth-order valence-corrected chi connectivity index (χ4v) is 5.01. The van der Waals surface area contributed by atoms with Crippen LogP contribution in [0.15, 0.2) is 52.7 Å². The molecule has 2 nitrogen and oxygen atoms in total. The van der Waals surface area contributed by atoms with Crippen LogP contribution >= 0.6 is 0 Å². The van der Waals surface area contributed by atoms with Gasteiger partial charge < -0.3 is 0 Å². The first-order valence-electron chi connectivity index (χ1n) is 11.8. The molecule has 0 spiro atoms. The third-order valence-corrected chi connectivity index (χ3v) is 6.59. The van der Waals surface area contributed by atoms with Crippen molar-refractivity contribution in [3.05, 3.63) is 71.0 Å². The van der Waals surface area contributed by atoms with E-state index in [1.54, 1.807) is 0 Å². The Morgan fingerprint density at radius 1 is 0.938 bits per heavy atom. The van der Waals surface area contributed by atoms with Crippen molar-refractivity contribution in [3.63, 3.8) is 0 Å². The molecular weight excluding hydrogens is 409 g/mol. The van der Waals surface area contributed by atoms with Gasteiger partial charge in [0.2, 0.25) is 0 Å². The summed E-state index contributed by atoms with van der Waals surface area (Å²) in [6.07, 6.45) is 10.9. The summed E-state index contributed by atoms with van der Waals surface area (Å²) >= 11 is 0. The molecule has 2 aromatic carbocycles. The van der Waals surface area contributed by atoms with Gasteiger partial charge in [0.25, 0.3) is 0 Å². The minimum atomic E-state index is -1.48. The first-order valence-corrected chi connectivity index (χ1v) is 11.8. The Balaban J connectivity index is 1.77. The lowest BCUT2D eigenvalue weighted by Gasteiger charge is -2.34. The highest BCUT2D eigenvalue weighted by molar-refractivity contribution is 6.02. The summed E-state index contributed by atoms with van der Waals surface area (Å²) in [6.45, 7) is 4.54. The first kappa shape index (κ1) is 24.2. The third-order valence-electron chi connectivity index (χ3n) is 6.59. The molecule has 1 saturated carbocycles. The molecule has 5 heteroatoms. The van der Waals surface area contributed by atoms with Crippen molar-refractivity contribution in [2.75, 3.05) is 0 Å². The van der Waals surface area contributed by atoms with E-state index in [1.807, 2.05) is 30.3 Å². The summed E-state index contributed by atoms with van der Waals surface area (Å²) in [4.78, 5) is 0. The summed E-state index contributed by atoms with van der Waals surface area (Å²) < 4.78 is 40.1. The maximum atomic E-state index is 13.5. The topological polar surface area (TPSA) is 24.7 Å². The van der Waals surface area contributed by atoms with E-state index >= 15 is 0 Å². The fourth-order valence-electron chi connectivity index (χ4n) is 5.01. The highest BCUT2D eigenvalue weighted by Crippen LogP contribution is 2.38. The van der Waals surface area contributed by atoms with Crippen molar-refractivity contribution >= 4 is 11.9 Å². The van der Waals surface area contributed by atoms with E-state index in [9.17, 15) is 13.2 Å². The number of benzene rings is 2. The lowest BCUT2D eigenvalue weighted by molar-refractivity contribution is 0.206. The molecule has 2 aromatic rings. The van der Waals surface area contributed by atoms with Gasteiger partial charge in [-0.1, -0.05) is 69.9 Å². The largest absolute Gasteiger partial charge is 0.204 e. The molecule has 0 N–H and O–H groups in total. The van der Waals surface area contributed by atoms with E-state index in [0.29, 0.717) is 5.92 Å². The summed E-state index contributed by atoms with van der Waals surface area (Å²) in [5.41, 5.74) is 2.07. The van der Waals surface area contributed by atoms with Gasteiger partial charge >= 0.3 is 0 Å². The highest BCUT2D eigenvalue weighted by Gasteiger charge is 2.29. The predicted molar refractivity (Wildman–Crippen MR) is 126 cm³/mol. The van der Waals surface area contributed by atoms with E-state index in [-0.39, 0.29) is 5.56 Å². The second kappa shape index (κ2) is 12.0. The van der Waals surface area contributed by atoms with Crippen LogP contribution in [0, 0.1) is 35.2 Å². The average molecular weight is 443 g/mol. The van der Waals surface area contributed by atoms with Crippen molar-refractivity contribution in [3.8, 4) is 0 Å². The number of hydrogen-bond donors (Lipinski definition) is 0. The van der Waals surface area contributed by atoms with Crippen LogP contribution in [0.1, 0.15) is 76.3 Å². The van der Waals surface area contributed by atoms with E-state index in [2.05, 4.69) is 24.1 Å². The van der Waals surface area contributed by atoms with Crippen LogP contribution in [0.3, 0.4) is 0 Å². The summed E-state index contributed by atoms with van der Waals surface area (Å²) in [6, 6.07) is 11.8. The smallest absolute Gasteiger partial charge is 0.194 e. The molecule has 0 aromatic heterocycles. The van der Waals surface area contributed by atoms with Gasteiger partial charge in [0.05, 0.1) is 11.9 Å². The third kappa shape index (κ3) is 6.30. The Bertz CT molecular complexity index is 887. The summed E-state index contributed by atoms with van der Waals surface area (Å²) in [5, 5.41) is 8.61. The lowest BCUT2D eigenvalue weighted by atomic mass is 9.71. The van der Waals surface area contributed by atoms with Crippen LogP contribution in [0.5, 0.6) is 0 Å². The zero-order valence-corrected chi connectivity index (χ0v) is 19.0. The normalized spacial score (nSPS) is 19.8. The molecule has 0 radical (unpaired) electrons. The van der Waals surface area contributed by atoms with Crippen molar-refractivity contribution in [2.45, 2.75) is 65.2 Å². The molecule has 0 bridgehead atoms. The quantitative estimate of drug-likeness (QED) is 0.214. The van der Waals surface area contributed by atoms with Crippen LogP contribution < -0.4 is 0 Å².